The fourth-order valence-electron chi connectivity index (χ4n) is 5.04. The number of amides is 1. The molecule has 1 aromatic carbocycles. The Bertz CT molecular complexity index is 809. The minimum absolute atomic E-state index is 0.00661. The Hall–Kier alpha value is -2.30. The van der Waals surface area contributed by atoms with Crippen LogP contribution in [0.3, 0.4) is 0 Å². The number of allylic oxidation sites excluding steroid dienone is 2. The van der Waals surface area contributed by atoms with E-state index in [4.69, 9.17) is 14.6 Å². The van der Waals surface area contributed by atoms with E-state index in [2.05, 4.69) is 18.2 Å². The molecule has 0 radical (unpaired) electrons. The highest BCUT2D eigenvalue weighted by Gasteiger charge is 2.42. The van der Waals surface area contributed by atoms with E-state index >= 15 is 0 Å². The topological polar surface area (TPSA) is 51.1 Å². The van der Waals surface area contributed by atoms with Gasteiger partial charge in [0.2, 0.25) is 5.91 Å². The molecule has 1 heterocycles. The zero-order valence-corrected chi connectivity index (χ0v) is 18.3. The molecule has 30 heavy (non-hydrogen) atoms. The molecule has 1 saturated carbocycles. The van der Waals surface area contributed by atoms with E-state index < -0.39 is 0 Å². The van der Waals surface area contributed by atoms with E-state index in [-0.39, 0.29) is 23.8 Å². The first-order valence-corrected chi connectivity index (χ1v) is 11.7. The van der Waals surface area contributed by atoms with Gasteiger partial charge in [0, 0.05) is 11.5 Å². The van der Waals surface area contributed by atoms with Crippen LogP contribution in [0.15, 0.2) is 35.5 Å². The summed E-state index contributed by atoms with van der Waals surface area (Å²) in [6.07, 6.45) is 13.1. The summed E-state index contributed by atoms with van der Waals surface area (Å²) in [7, 11) is 0. The van der Waals surface area contributed by atoms with Crippen molar-refractivity contribution in [2.24, 2.45) is 16.9 Å². The Morgan fingerprint density at radius 2 is 1.60 bits per heavy atom. The van der Waals surface area contributed by atoms with Crippen molar-refractivity contribution in [2.45, 2.75) is 71.3 Å². The third-order valence-corrected chi connectivity index (χ3v) is 6.55. The second-order valence-electron chi connectivity index (χ2n) is 8.50. The summed E-state index contributed by atoms with van der Waals surface area (Å²) in [6.45, 7) is 5.14. The number of hydrogen-bond donors (Lipinski definition) is 0. The summed E-state index contributed by atoms with van der Waals surface area (Å²) in [5.74, 6) is 1.86. The summed E-state index contributed by atoms with van der Waals surface area (Å²) in [4.78, 5) is 13.4. The van der Waals surface area contributed by atoms with Gasteiger partial charge in [0.1, 0.15) is 0 Å². The van der Waals surface area contributed by atoms with Crippen molar-refractivity contribution in [3.8, 4) is 11.5 Å². The summed E-state index contributed by atoms with van der Waals surface area (Å²) in [5, 5.41) is 6.89. The van der Waals surface area contributed by atoms with Crippen LogP contribution in [0.4, 0.5) is 0 Å². The van der Waals surface area contributed by atoms with Crippen LogP contribution in [0.1, 0.15) is 70.8 Å². The van der Waals surface area contributed by atoms with Crippen LogP contribution >= 0.6 is 0 Å². The van der Waals surface area contributed by atoms with Crippen LogP contribution in [0.2, 0.25) is 0 Å². The molecular weight excluding hydrogens is 376 g/mol. The predicted molar refractivity (Wildman–Crippen MR) is 119 cm³/mol. The standard InChI is InChI=1S/C25H34N2O3/c1-3-29-22-16-15-18(17-23(22)30-4-2)24-20-13-9-10-14-21(20)25(28)27(26-24)19-11-7-5-6-8-12-19/h9-10,15-17,19-21H,3-8,11-14H2,1-2H3. The number of hydrogen-bond acceptors (Lipinski definition) is 4. The molecule has 2 atom stereocenters. The van der Waals surface area contributed by atoms with Gasteiger partial charge < -0.3 is 9.47 Å². The lowest BCUT2D eigenvalue weighted by Gasteiger charge is -2.40. The largest absolute Gasteiger partial charge is 0.490 e. The van der Waals surface area contributed by atoms with E-state index in [0.29, 0.717) is 13.2 Å². The monoisotopic (exact) mass is 410 g/mol. The molecule has 1 aromatic rings. The molecule has 2 aliphatic carbocycles. The van der Waals surface area contributed by atoms with Crippen LogP contribution < -0.4 is 9.47 Å². The minimum Gasteiger partial charge on any atom is -0.490 e. The highest BCUT2D eigenvalue weighted by atomic mass is 16.5. The predicted octanol–water partition coefficient (Wildman–Crippen LogP) is 5.34. The zero-order chi connectivity index (χ0) is 20.9. The molecule has 1 fully saturated rings. The molecule has 0 N–H and O–H groups in total. The molecule has 0 saturated heterocycles. The van der Waals surface area contributed by atoms with Gasteiger partial charge in [0.15, 0.2) is 11.5 Å². The van der Waals surface area contributed by atoms with Gasteiger partial charge in [-0.05, 0) is 57.7 Å². The van der Waals surface area contributed by atoms with Crippen molar-refractivity contribution < 1.29 is 14.3 Å². The molecular formula is C25H34N2O3. The Morgan fingerprint density at radius 3 is 2.30 bits per heavy atom. The van der Waals surface area contributed by atoms with Crippen molar-refractivity contribution in [1.29, 1.82) is 0 Å². The van der Waals surface area contributed by atoms with Gasteiger partial charge in [-0.2, -0.15) is 5.10 Å². The average Bonchev–Trinajstić information content (AvgIpc) is 3.05. The quantitative estimate of drug-likeness (QED) is 0.470. The zero-order valence-electron chi connectivity index (χ0n) is 18.3. The number of ether oxygens (including phenoxy) is 2. The minimum atomic E-state index is -0.00661. The number of benzene rings is 1. The van der Waals surface area contributed by atoms with Gasteiger partial charge in [-0.3, -0.25) is 4.79 Å². The summed E-state index contributed by atoms with van der Waals surface area (Å²) in [5.41, 5.74) is 2.07. The Morgan fingerprint density at radius 1 is 0.933 bits per heavy atom. The van der Waals surface area contributed by atoms with Crippen molar-refractivity contribution in [2.75, 3.05) is 13.2 Å². The molecule has 0 spiro atoms. The highest BCUT2D eigenvalue weighted by Crippen LogP contribution is 2.38. The van der Waals surface area contributed by atoms with Gasteiger partial charge in [-0.1, -0.05) is 37.8 Å². The smallest absolute Gasteiger partial charge is 0.247 e. The van der Waals surface area contributed by atoms with Gasteiger partial charge in [0.05, 0.1) is 30.9 Å². The van der Waals surface area contributed by atoms with Crippen molar-refractivity contribution >= 4 is 11.6 Å². The molecule has 2 unspecified atom stereocenters. The Kier molecular flexibility index (Phi) is 6.76. The van der Waals surface area contributed by atoms with E-state index in [1.54, 1.807) is 0 Å². The third-order valence-electron chi connectivity index (χ3n) is 6.55. The normalized spacial score (nSPS) is 24.8. The van der Waals surface area contributed by atoms with Gasteiger partial charge in [-0.25, -0.2) is 5.01 Å². The molecule has 5 nitrogen and oxygen atoms in total. The van der Waals surface area contributed by atoms with Crippen LogP contribution in [-0.4, -0.2) is 35.9 Å². The van der Waals surface area contributed by atoms with Crippen LogP contribution in [0.5, 0.6) is 11.5 Å². The van der Waals surface area contributed by atoms with Gasteiger partial charge in [-0.15, -0.1) is 0 Å². The second-order valence-corrected chi connectivity index (χ2v) is 8.50. The van der Waals surface area contributed by atoms with E-state index in [9.17, 15) is 4.79 Å². The molecule has 162 valence electrons. The summed E-state index contributed by atoms with van der Waals surface area (Å²) in [6, 6.07) is 6.33. The molecule has 5 heteroatoms. The lowest BCUT2D eigenvalue weighted by atomic mass is 9.76. The first-order chi connectivity index (χ1) is 14.7. The Labute approximate surface area is 180 Å². The van der Waals surface area contributed by atoms with Crippen LogP contribution in [-0.2, 0) is 4.79 Å². The molecule has 0 bridgehead atoms. The fraction of sp³-hybridized carbons (Fsp3) is 0.600. The molecule has 4 rings (SSSR count). The van der Waals surface area contributed by atoms with E-state index in [1.807, 2.05) is 31.0 Å². The first-order valence-electron chi connectivity index (χ1n) is 11.7. The van der Waals surface area contributed by atoms with E-state index in [0.717, 1.165) is 48.5 Å². The summed E-state index contributed by atoms with van der Waals surface area (Å²) >= 11 is 0. The van der Waals surface area contributed by atoms with Crippen LogP contribution in [0.25, 0.3) is 0 Å². The highest BCUT2D eigenvalue weighted by molar-refractivity contribution is 6.07. The fourth-order valence-corrected chi connectivity index (χ4v) is 5.04. The third kappa shape index (κ3) is 4.26. The number of nitrogens with zero attached hydrogens (tertiary/aromatic N) is 2. The van der Waals surface area contributed by atoms with Crippen LogP contribution in [0, 0.1) is 11.8 Å². The molecule has 1 amide bonds. The Balaban J connectivity index is 1.73. The number of rotatable bonds is 6. The number of carbonyl (C=O) groups excluding carboxylic acids is 1. The maximum absolute atomic E-state index is 13.4. The van der Waals surface area contributed by atoms with Crippen molar-refractivity contribution in [3.63, 3.8) is 0 Å². The lowest BCUT2D eigenvalue weighted by molar-refractivity contribution is -0.140. The molecule has 3 aliphatic rings. The lowest BCUT2D eigenvalue weighted by Crippen LogP contribution is -2.49. The number of hydrazone groups is 1. The number of carbonyl (C=O) groups is 1. The summed E-state index contributed by atoms with van der Waals surface area (Å²) < 4.78 is 11.6. The average molecular weight is 411 g/mol. The SMILES string of the molecule is CCOc1ccc(C2=NN(C3CCCCCC3)C(=O)C3CC=CCC23)cc1OCC. The maximum atomic E-state index is 13.4. The van der Waals surface area contributed by atoms with Gasteiger partial charge >= 0.3 is 0 Å². The maximum Gasteiger partial charge on any atom is 0.247 e. The molecule has 1 aliphatic heterocycles. The number of fused-ring (bicyclic) bond motifs is 1. The molecule has 0 aromatic heterocycles. The second kappa shape index (κ2) is 9.67. The van der Waals surface area contributed by atoms with Crippen molar-refractivity contribution in [3.05, 3.63) is 35.9 Å². The van der Waals surface area contributed by atoms with Crippen molar-refractivity contribution in [1.82, 2.24) is 5.01 Å². The van der Waals surface area contributed by atoms with E-state index in [1.165, 1.54) is 25.7 Å². The van der Waals surface area contributed by atoms with Gasteiger partial charge in [0.25, 0.3) is 0 Å². The first kappa shape index (κ1) is 21.0.